The molecule has 32 heavy (non-hydrogen) atoms. The number of nitriles is 7. The van der Waals surface area contributed by atoms with Crippen molar-refractivity contribution < 1.29 is 13.2 Å². The van der Waals surface area contributed by atoms with E-state index in [1.807, 2.05) is 0 Å². The predicted octanol–water partition coefficient (Wildman–Crippen LogP) is 2.11. The van der Waals surface area contributed by atoms with Crippen molar-refractivity contribution in [1.29, 1.82) is 36.8 Å². The Hall–Kier alpha value is -5.60. The van der Waals surface area contributed by atoms with Gasteiger partial charge in [-0.05, 0) is 18.2 Å². The molecule has 10 heteroatoms. The lowest BCUT2D eigenvalue weighted by molar-refractivity contribution is -0.138. The summed E-state index contributed by atoms with van der Waals surface area (Å²) in [5.41, 5.74) is -5.77. The second-order valence-corrected chi connectivity index (χ2v) is 5.88. The Labute approximate surface area is 178 Å². The van der Waals surface area contributed by atoms with Gasteiger partial charge in [-0.3, -0.25) is 0 Å². The van der Waals surface area contributed by atoms with Crippen LogP contribution in [0.2, 0.25) is 0 Å². The first-order chi connectivity index (χ1) is 15.2. The van der Waals surface area contributed by atoms with Gasteiger partial charge in [0.05, 0.1) is 45.5 Å². The highest BCUT2D eigenvalue weighted by Gasteiger charge is 2.38. The Balaban J connectivity index is 3.28. The SMILES string of the molecule is N#CC(C#N)=c1cc(C#N)/c(=C(\C#N)c2ccc(C#N)c(C#N)c2C(F)(F)F)cc1C#N. The van der Waals surface area contributed by atoms with E-state index in [2.05, 4.69) is 0 Å². The first-order valence-corrected chi connectivity index (χ1v) is 8.20. The molecule has 0 aliphatic heterocycles. The zero-order chi connectivity index (χ0) is 24.1. The van der Waals surface area contributed by atoms with Crippen LogP contribution in [-0.2, 0) is 6.18 Å². The quantitative estimate of drug-likeness (QED) is 0.677. The monoisotopic (exact) mass is 423 g/mol. The van der Waals surface area contributed by atoms with Gasteiger partial charge >= 0.3 is 6.18 Å². The highest BCUT2D eigenvalue weighted by atomic mass is 19.4. The van der Waals surface area contributed by atoms with E-state index >= 15 is 0 Å². The maximum Gasteiger partial charge on any atom is 0.418 e. The normalized spacial score (nSPS) is 10.6. The average molecular weight is 423 g/mol. The third-order valence-electron chi connectivity index (χ3n) is 4.26. The van der Waals surface area contributed by atoms with Crippen LogP contribution in [0.5, 0.6) is 0 Å². The van der Waals surface area contributed by atoms with Gasteiger partial charge in [0.1, 0.15) is 35.9 Å². The summed E-state index contributed by atoms with van der Waals surface area (Å²) < 4.78 is 41.5. The van der Waals surface area contributed by atoms with Gasteiger partial charge in [0, 0.05) is 16.0 Å². The lowest BCUT2D eigenvalue weighted by Crippen LogP contribution is -2.22. The van der Waals surface area contributed by atoms with Crippen molar-refractivity contribution >= 4 is 11.1 Å². The number of nitrogens with zero attached hydrogens (tertiary/aromatic N) is 7. The molecule has 7 nitrogen and oxygen atoms in total. The van der Waals surface area contributed by atoms with Crippen LogP contribution in [0.25, 0.3) is 11.1 Å². The first-order valence-electron chi connectivity index (χ1n) is 8.20. The van der Waals surface area contributed by atoms with Crippen molar-refractivity contribution in [2.75, 3.05) is 0 Å². The van der Waals surface area contributed by atoms with Gasteiger partial charge in [-0.15, -0.1) is 0 Å². The van der Waals surface area contributed by atoms with Gasteiger partial charge in [-0.1, -0.05) is 6.07 Å². The smallest absolute Gasteiger partial charge is 0.192 e. The molecule has 2 aromatic rings. The fourth-order valence-electron chi connectivity index (χ4n) is 2.92. The first kappa shape index (κ1) is 22.7. The molecular weight excluding hydrogens is 419 g/mol. The molecule has 0 radical (unpaired) electrons. The molecule has 0 unspecified atom stereocenters. The van der Waals surface area contributed by atoms with Crippen LogP contribution in [0, 0.1) is 79.3 Å². The Morgan fingerprint density at radius 3 is 1.62 bits per heavy atom. The Bertz CT molecular complexity index is 1570. The van der Waals surface area contributed by atoms with Crippen molar-refractivity contribution in [2.45, 2.75) is 6.18 Å². The molecule has 2 aromatic carbocycles. The summed E-state index contributed by atoms with van der Waals surface area (Å²) in [5, 5.41) is 64.3. The molecule has 0 saturated heterocycles. The Kier molecular flexibility index (Phi) is 6.26. The molecule has 148 valence electrons. The molecule has 0 aromatic heterocycles. The number of rotatable bonds is 1. The topological polar surface area (TPSA) is 167 Å². The molecule has 0 amide bonds. The van der Waals surface area contributed by atoms with Crippen LogP contribution >= 0.6 is 0 Å². The van der Waals surface area contributed by atoms with Gasteiger partial charge in [-0.25, -0.2) is 0 Å². The van der Waals surface area contributed by atoms with Crippen LogP contribution in [-0.4, -0.2) is 0 Å². The minimum Gasteiger partial charge on any atom is -0.192 e. The van der Waals surface area contributed by atoms with E-state index in [4.69, 9.17) is 15.8 Å². The summed E-state index contributed by atoms with van der Waals surface area (Å²) in [4.78, 5) is 0. The molecule has 0 aliphatic carbocycles. The molecule has 0 fully saturated rings. The fourth-order valence-corrected chi connectivity index (χ4v) is 2.92. The van der Waals surface area contributed by atoms with Gasteiger partial charge in [0.15, 0.2) is 0 Å². The fraction of sp³-hybridized carbons (Fsp3) is 0.0455. The molecule has 0 bridgehead atoms. The maximum atomic E-state index is 13.8. The Morgan fingerprint density at radius 1 is 0.656 bits per heavy atom. The molecule has 0 spiro atoms. The van der Waals surface area contributed by atoms with Gasteiger partial charge in [0.2, 0.25) is 0 Å². The van der Waals surface area contributed by atoms with Crippen LogP contribution in [0.15, 0.2) is 24.3 Å². The largest absolute Gasteiger partial charge is 0.418 e. The molecule has 2 rings (SSSR count). The lowest BCUT2D eigenvalue weighted by Gasteiger charge is -2.15. The standard InChI is InChI=1S/C22H4F3N7/c23-22(24,25)21-16(2-1-12(5-26)19(21)10-31)20(11-32)18-4-13(6-27)17(3-14(18)7-28)15(8-29)9-30/h1-4H/b20-18+. The van der Waals surface area contributed by atoms with Crippen LogP contribution < -0.4 is 10.4 Å². The van der Waals surface area contributed by atoms with Crippen LogP contribution in [0.3, 0.4) is 0 Å². The maximum absolute atomic E-state index is 13.8. The van der Waals surface area contributed by atoms with Crippen LogP contribution in [0.4, 0.5) is 13.2 Å². The lowest BCUT2D eigenvalue weighted by atomic mass is 9.90. The summed E-state index contributed by atoms with van der Waals surface area (Å²) in [7, 11) is 0. The zero-order valence-corrected chi connectivity index (χ0v) is 15.6. The molecule has 0 atom stereocenters. The number of hydrogen-bond acceptors (Lipinski definition) is 7. The molecule has 0 heterocycles. The van der Waals surface area contributed by atoms with E-state index in [9.17, 15) is 34.2 Å². The van der Waals surface area contributed by atoms with Crippen molar-refractivity contribution in [3.05, 3.63) is 68.1 Å². The van der Waals surface area contributed by atoms with Crippen LogP contribution in [0.1, 0.15) is 33.4 Å². The van der Waals surface area contributed by atoms with Crippen molar-refractivity contribution in [1.82, 2.24) is 0 Å². The van der Waals surface area contributed by atoms with Crippen molar-refractivity contribution in [2.24, 2.45) is 0 Å². The summed E-state index contributed by atoms with van der Waals surface area (Å²) in [6.45, 7) is 0. The summed E-state index contributed by atoms with van der Waals surface area (Å²) in [6.07, 6.45) is -5.14. The van der Waals surface area contributed by atoms with Crippen molar-refractivity contribution in [3.63, 3.8) is 0 Å². The highest BCUT2D eigenvalue weighted by Crippen LogP contribution is 2.38. The van der Waals surface area contributed by atoms with Gasteiger partial charge < -0.3 is 0 Å². The third kappa shape index (κ3) is 3.79. The third-order valence-corrected chi connectivity index (χ3v) is 4.26. The van der Waals surface area contributed by atoms with E-state index < -0.39 is 39.6 Å². The second kappa shape index (κ2) is 8.82. The Morgan fingerprint density at radius 2 is 1.19 bits per heavy atom. The predicted molar refractivity (Wildman–Crippen MR) is 98.8 cm³/mol. The van der Waals surface area contributed by atoms with E-state index in [0.717, 1.165) is 24.3 Å². The molecule has 0 aliphatic rings. The summed E-state index contributed by atoms with van der Waals surface area (Å²) in [6, 6.07) is 14.5. The minimum atomic E-state index is -5.14. The second-order valence-electron chi connectivity index (χ2n) is 5.88. The molecular formula is C22H4F3N7. The van der Waals surface area contributed by atoms with E-state index in [1.165, 1.54) is 12.1 Å². The van der Waals surface area contributed by atoms with E-state index in [0.29, 0.717) is 0 Å². The molecule has 0 N–H and O–H groups in total. The van der Waals surface area contributed by atoms with Gasteiger partial charge in [-0.2, -0.15) is 50.0 Å². The van der Waals surface area contributed by atoms with Gasteiger partial charge in [0.25, 0.3) is 0 Å². The minimum absolute atomic E-state index is 0.219. The average Bonchev–Trinajstić information content (AvgIpc) is 2.79. The number of alkyl halides is 3. The number of benzene rings is 2. The number of halogens is 3. The molecule has 0 saturated carbocycles. The number of hydrogen-bond donors (Lipinski definition) is 0. The zero-order valence-electron chi connectivity index (χ0n) is 15.6. The van der Waals surface area contributed by atoms with Crippen molar-refractivity contribution in [3.8, 4) is 42.5 Å². The highest BCUT2D eigenvalue weighted by molar-refractivity contribution is 5.82. The van der Waals surface area contributed by atoms with E-state index in [-0.39, 0.29) is 21.6 Å². The van der Waals surface area contributed by atoms with E-state index in [1.54, 1.807) is 30.3 Å². The summed E-state index contributed by atoms with van der Waals surface area (Å²) in [5.74, 6) is 0. The summed E-state index contributed by atoms with van der Waals surface area (Å²) >= 11 is 0.